The minimum atomic E-state index is -0.421. The number of rotatable bonds is 2. The molecule has 0 fully saturated rings. The number of hydrogen-bond acceptors (Lipinski definition) is 1. The van der Waals surface area contributed by atoms with Gasteiger partial charge in [-0.2, -0.15) is 0 Å². The summed E-state index contributed by atoms with van der Waals surface area (Å²) in [7, 11) is 0. The smallest absolute Gasteiger partial charge is 0.143 e. The molecular formula is C35H28O. The molecule has 0 aliphatic heterocycles. The van der Waals surface area contributed by atoms with Crippen LogP contribution in [0.1, 0.15) is 44.5 Å². The monoisotopic (exact) mass is 464 g/mol. The molecule has 0 amide bonds. The average molecular weight is 465 g/mol. The summed E-state index contributed by atoms with van der Waals surface area (Å²) in [6, 6.07) is 36.0. The van der Waals surface area contributed by atoms with Gasteiger partial charge in [-0.05, 0) is 67.1 Å². The molecule has 6 aromatic rings. The third kappa shape index (κ3) is 2.72. The molecule has 0 spiro atoms. The van der Waals surface area contributed by atoms with E-state index in [0.29, 0.717) is 0 Å². The first kappa shape index (κ1) is 21.2. The second-order valence-corrected chi connectivity index (χ2v) is 10.4. The molecule has 0 N–H and O–H groups in total. The molecule has 0 saturated carbocycles. The van der Waals surface area contributed by atoms with Crippen molar-refractivity contribution in [2.45, 2.75) is 33.1 Å². The maximum Gasteiger partial charge on any atom is 0.143 e. The molecule has 1 aliphatic rings. The zero-order valence-corrected chi connectivity index (χ0v) is 21.1. The highest BCUT2D eigenvalue weighted by Gasteiger charge is 2.47. The Hall–Kier alpha value is -4.10. The van der Waals surface area contributed by atoms with Gasteiger partial charge in [-0.25, -0.2) is 0 Å². The van der Waals surface area contributed by atoms with Crippen molar-refractivity contribution in [3.63, 3.8) is 0 Å². The van der Waals surface area contributed by atoms with Crippen molar-refractivity contribution in [2.75, 3.05) is 0 Å². The third-order valence-electron chi connectivity index (χ3n) is 8.07. The summed E-state index contributed by atoms with van der Waals surface area (Å²) in [5.41, 5.74) is 14.3. The summed E-state index contributed by atoms with van der Waals surface area (Å²) in [6.07, 6.45) is 0. The first-order chi connectivity index (χ1) is 17.5. The highest BCUT2D eigenvalue weighted by atomic mass is 16.3. The Kier molecular flexibility index (Phi) is 4.39. The van der Waals surface area contributed by atoms with Gasteiger partial charge in [0.2, 0.25) is 0 Å². The second kappa shape index (κ2) is 7.45. The van der Waals surface area contributed by atoms with E-state index in [1.54, 1.807) is 0 Å². The zero-order chi connectivity index (χ0) is 24.6. The van der Waals surface area contributed by atoms with Crippen LogP contribution in [0.2, 0.25) is 0 Å². The van der Waals surface area contributed by atoms with Crippen LogP contribution >= 0.6 is 0 Å². The van der Waals surface area contributed by atoms with E-state index in [4.69, 9.17) is 4.42 Å². The minimum Gasteiger partial charge on any atom is -0.455 e. The van der Waals surface area contributed by atoms with Crippen LogP contribution in [0.25, 0.3) is 33.1 Å². The van der Waals surface area contributed by atoms with Gasteiger partial charge in [-0.1, -0.05) is 108 Å². The van der Waals surface area contributed by atoms with Crippen LogP contribution < -0.4 is 0 Å². The first-order valence-electron chi connectivity index (χ1n) is 12.7. The van der Waals surface area contributed by atoms with E-state index in [0.717, 1.165) is 11.2 Å². The summed E-state index contributed by atoms with van der Waals surface area (Å²) in [4.78, 5) is 0. The molecule has 0 saturated heterocycles. The Labute approximate surface area is 212 Å². The Bertz CT molecular complexity index is 1750. The molecule has 1 nitrogen and oxygen atoms in total. The molecule has 174 valence electrons. The largest absolute Gasteiger partial charge is 0.455 e. The van der Waals surface area contributed by atoms with Gasteiger partial charge in [0.15, 0.2) is 0 Å². The number of fused-ring (bicyclic) bond motifs is 7. The van der Waals surface area contributed by atoms with Crippen molar-refractivity contribution in [1.82, 2.24) is 0 Å². The van der Waals surface area contributed by atoms with Crippen LogP contribution in [0.4, 0.5) is 0 Å². The van der Waals surface area contributed by atoms with Gasteiger partial charge in [0.25, 0.3) is 0 Å². The number of benzene rings is 5. The van der Waals surface area contributed by atoms with Gasteiger partial charge in [0.1, 0.15) is 11.2 Å². The van der Waals surface area contributed by atoms with Crippen LogP contribution in [0.3, 0.4) is 0 Å². The lowest BCUT2D eigenvalue weighted by Gasteiger charge is -2.34. The van der Waals surface area contributed by atoms with Crippen molar-refractivity contribution in [3.05, 3.63) is 142 Å². The standard InChI is InChI=1S/C35H28O/c1-21-9-14-25(15-10-21)35(26-16-11-22(2)12-17-26)29-19-23(3)13-18-27(29)33-30(35)20-24(4)32-28-7-5-6-8-31(28)36-34(32)33/h5-20H,1-4H3. The molecule has 7 rings (SSSR count). The minimum absolute atomic E-state index is 0.421. The molecule has 1 aliphatic carbocycles. The van der Waals surface area contributed by atoms with E-state index in [1.807, 2.05) is 0 Å². The highest BCUT2D eigenvalue weighted by Crippen LogP contribution is 2.59. The summed E-state index contributed by atoms with van der Waals surface area (Å²) < 4.78 is 6.67. The van der Waals surface area contributed by atoms with Crippen molar-refractivity contribution >= 4 is 21.9 Å². The molecule has 36 heavy (non-hydrogen) atoms. The molecule has 1 heterocycles. The van der Waals surface area contributed by atoms with Crippen molar-refractivity contribution in [1.29, 1.82) is 0 Å². The van der Waals surface area contributed by atoms with E-state index in [-0.39, 0.29) is 0 Å². The predicted molar refractivity (Wildman–Crippen MR) is 150 cm³/mol. The van der Waals surface area contributed by atoms with E-state index in [2.05, 4.69) is 125 Å². The Morgan fingerprint density at radius 3 is 1.86 bits per heavy atom. The van der Waals surface area contributed by atoms with Gasteiger partial charge in [0.05, 0.1) is 5.41 Å². The van der Waals surface area contributed by atoms with Gasteiger partial charge in [0, 0.05) is 16.3 Å². The SMILES string of the molecule is Cc1ccc(C2(c3ccc(C)cc3)c3cc(C)ccc3-c3c2cc(C)c2c3oc3ccccc32)cc1. The molecular weight excluding hydrogens is 436 g/mol. The number of furan rings is 1. The highest BCUT2D eigenvalue weighted by molar-refractivity contribution is 6.13. The lowest BCUT2D eigenvalue weighted by atomic mass is 9.67. The third-order valence-corrected chi connectivity index (χ3v) is 8.07. The fraction of sp³-hybridized carbons (Fsp3) is 0.143. The van der Waals surface area contributed by atoms with Crippen LogP contribution in [0.5, 0.6) is 0 Å². The molecule has 0 unspecified atom stereocenters. The van der Waals surface area contributed by atoms with E-state index < -0.39 is 5.41 Å². The van der Waals surface area contributed by atoms with Gasteiger partial charge >= 0.3 is 0 Å². The Balaban J connectivity index is 1.72. The van der Waals surface area contributed by atoms with Crippen LogP contribution in [-0.4, -0.2) is 0 Å². The van der Waals surface area contributed by atoms with Crippen molar-refractivity contribution in [2.24, 2.45) is 0 Å². The number of para-hydroxylation sites is 1. The fourth-order valence-electron chi connectivity index (χ4n) is 6.39. The number of hydrogen-bond donors (Lipinski definition) is 0. The van der Waals surface area contributed by atoms with Crippen LogP contribution in [0.15, 0.2) is 101 Å². The quantitative estimate of drug-likeness (QED) is 0.248. The van der Waals surface area contributed by atoms with E-state index >= 15 is 0 Å². The van der Waals surface area contributed by atoms with Crippen LogP contribution in [0, 0.1) is 27.7 Å². The summed E-state index contributed by atoms with van der Waals surface area (Å²) in [5.74, 6) is 0. The van der Waals surface area contributed by atoms with Crippen LogP contribution in [-0.2, 0) is 5.41 Å². The van der Waals surface area contributed by atoms with E-state index in [1.165, 1.54) is 66.4 Å². The van der Waals surface area contributed by atoms with Gasteiger partial charge < -0.3 is 4.42 Å². The molecule has 0 radical (unpaired) electrons. The molecule has 1 heteroatoms. The van der Waals surface area contributed by atoms with E-state index in [9.17, 15) is 0 Å². The summed E-state index contributed by atoms with van der Waals surface area (Å²) in [6.45, 7) is 8.74. The normalized spacial score (nSPS) is 13.8. The topological polar surface area (TPSA) is 13.1 Å². The van der Waals surface area contributed by atoms with Gasteiger partial charge in [-0.3, -0.25) is 0 Å². The van der Waals surface area contributed by atoms with Crippen molar-refractivity contribution < 1.29 is 4.42 Å². The Morgan fingerprint density at radius 1 is 0.583 bits per heavy atom. The maximum atomic E-state index is 6.67. The Morgan fingerprint density at radius 2 is 1.19 bits per heavy atom. The molecule has 0 bridgehead atoms. The molecule has 0 atom stereocenters. The lowest BCUT2D eigenvalue weighted by Crippen LogP contribution is -2.28. The summed E-state index contributed by atoms with van der Waals surface area (Å²) >= 11 is 0. The fourth-order valence-corrected chi connectivity index (χ4v) is 6.39. The summed E-state index contributed by atoms with van der Waals surface area (Å²) in [5, 5.41) is 2.41. The maximum absolute atomic E-state index is 6.67. The van der Waals surface area contributed by atoms with Gasteiger partial charge in [-0.15, -0.1) is 0 Å². The average Bonchev–Trinajstić information content (AvgIpc) is 3.39. The molecule has 5 aromatic carbocycles. The lowest BCUT2D eigenvalue weighted by molar-refractivity contribution is 0.668. The predicted octanol–water partition coefficient (Wildman–Crippen LogP) is 9.18. The first-order valence-corrected chi connectivity index (χ1v) is 12.7. The molecule has 1 aromatic heterocycles. The zero-order valence-electron chi connectivity index (χ0n) is 21.1. The number of aryl methyl sites for hydroxylation is 4. The second-order valence-electron chi connectivity index (χ2n) is 10.4. The van der Waals surface area contributed by atoms with Crippen molar-refractivity contribution in [3.8, 4) is 11.1 Å².